The first-order valence-electron chi connectivity index (χ1n) is 9.49. The molecule has 0 aromatic carbocycles. The molecule has 0 amide bonds. The quantitative estimate of drug-likeness (QED) is 0.392. The van der Waals surface area contributed by atoms with Crippen LogP contribution in [0.4, 0.5) is 0 Å². The van der Waals surface area contributed by atoms with Gasteiger partial charge in [0.05, 0.1) is 17.8 Å². The third-order valence-electron chi connectivity index (χ3n) is 4.13. The fourth-order valence-electron chi connectivity index (χ4n) is 2.61. The first-order chi connectivity index (χ1) is 10.1. The van der Waals surface area contributed by atoms with Gasteiger partial charge in [0.15, 0.2) is 0 Å². The number of unbranched alkanes of at least 4 members (excludes halogenated alkanes) is 7. The van der Waals surface area contributed by atoms with Crippen molar-refractivity contribution in [3.8, 4) is 0 Å². The van der Waals surface area contributed by atoms with Gasteiger partial charge in [0.1, 0.15) is 0 Å². The minimum absolute atomic E-state index is 0.114. The van der Waals surface area contributed by atoms with Gasteiger partial charge < -0.3 is 9.84 Å². The molecule has 2 nitrogen and oxygen atoms in total. The second-order valence-corrected chi connectivity index (χ2v) is 8.62. The second kappa shape index (κ2) is 11.5. The lowest BCUT2D eigenvalue weighted by Gasteiger charge is -2.29. The van der Waals surface area contributed by atoms with Gasteiger partial charge in [0, 0.05) is 0 Å². The van der Waals surface area contributed by atoms with Crippen LogP contribution >= 0.6 is 0 Å². The highest BCUT2D eigenvalue weighted by Crippen LogP contribution is 2.21. The predicted molar refractivity (Wildman–Crippen MR) is 97.3 cm³/mol. The fraction of sp³-hybridized carbons (Fsp3) is 1.00. The summed E-state index contributed by atoms with van der Waals surface area (Å²) < 4.78 is 5.84. The molecular weight excluding hydrogens is 272 g/mol. The van der Waals surface area contributed by atoms with E-state index in [2.05, 4.69) is 27.7 Å². The number of aliphatic hydroxyl groups is 1. The van der Waals surface area contributed by atoms with Crippen molar-refractivity contribution < 1.29 is 9.84 Å². The minimum atomic E-state index is -0.729. The van der Waals surface area contributed by atoms with Gasteiger partial charge in [-0.3, -0.25) is 0 Å². The third kappa shape index (κ3) is 16.3. The monoisotopic (exact) mass is 314 g/mol. The molecule has 0 heterocycles. The summed E-state index contributed by atoms with van der Waals surface area (Å²) in [6, 6.07) is 0. The summed E-state index contributed by atoms with van der Waals surface area (Å²) in [7, 11) is 0. The maximum absolute atomic E-state index is 9.72. The molecule has 2 heteroatoms. The van der Waals surface area contributed by atoms with E-state index in [1.807, 2.05) is 0 Å². The lowest BCUT2D eigenvalue weighted by Crippen LogP contribution is -2.34. The number of hydrogen-bond acceptors (Lipinski definition) is 2. The zero-order valence-electron chi connectivity index (χ0n) is 16.2. The van der Waals surface area contributed by atoms with Gasteiger partial charge in [-0.25, -0.2) is 0 Å². The van der Waals surface area contributed by atoms with Crippen LogP contribution in [0.2, 0.25) is 0 Å². The van der Waals surface area contributed by atoms with Crippen LogP contribution in [0.3, 0.4) is 0 Å². The van der Waals surface area contributed by atoms with Crippen LogP contribution in [0.5, 0.6) is 0 Å². The van der Waals surface area contributed by atoms with Crippen LogP contribution in [-0.4, -0.2) is 22.9 Å². The van der Waals surface area contributed by atoms with Crippen molar-refractivity contribution in [3.05, 3.63) is 0 Å². The Morgan fingerprint density at radius 2 is 1.23 bits per heavy atom. The van der Waals surface area contributed by atoms with Crippen LogP contribution in [0.1, 0.15) is 106 Å². The highest BCUT2D eigenvalue weighted by atomic mass is 16.5. The molecule has 0 unspecified atom stereocenters. The predicted octanol–water partition coefficient (Wildman–Crippen LogP) is 6.11. The summed E-state index contributed by atoms with van der Waals surface area (Å²) in [4.78, 5) is 0. The maximum Gasteiger partial charge on any atom is 0.0824 e. The summed E-state index contributed by atoms with van der Waals surface area (Å²) in [6.45, 7) is 12.9. The van der Waals surface area contributed by atoms with Crippen LogP contribution in [0, 0.1) is 5.92 Å². The molecule has 134 valence electrons. The Labute approximate surface area is 140 Å². The summed E-state index contributed by atoms with van der Waals surface area (Å²) in [5, 5.41) is 9.72. The van der Waals surface area contributed by atoms with Crippen molar-refractivity contribution in [1.29, 1.82) is 0 Å². The fourth-order valence-corrected chi connectivity index (χ4v) is 2.61. The van der Waals surface area contributed by atoms with Crippen molar-refractivity contribution in [3.63, 3.8) is 0 Å². The highest BCUT2D eigenvalue weighted by Gasteiger charge is 2.22. The van der Waals surface area contributed by atoms with Crippen molar-refractivity contribution in [1.82, 2.24) is 0 Å². The number of ether oxygens (including phenoxy) is 1. The second-order valence-electron chi connectivity index (χ2n) is 8.62. The van der Waals surface area contributed by atoms with Crippen molar-refractivity contribution in [2.75, 3.05) is 6.61 Å². The smallest absolute Gasteiger partial charge is 0.0824 e. The largest absolute Gasteiger partial charge is 0.388 e. The van der Waals surface area contributed by atoms with Gasteiger partial charge in [0.2, 0.25) is 0 Å². The topological polar surface area (TPSA) is 29.5 Å². The molecule has 0 saturated heterocycles. The van der Waals surface area contributed by atoms with Crippen LogP contribution < -0.4 is 0 Å². The van der Waals surface area contributed by atoms with Crippen molar-refractivity contribution >= 4 is 0 Å². The molecule has 0 atom stereocenters. The van der Waals surface area contributed by atoms with Gasteiger partial charge >= 0.3 is 0 Å². The molecular formula is C20H42O2. The first-order valence-corrected chi connectivity index (χ1v) is 9.49. The molecule has 0 aromatic heterocycles. The zero-order valence-corrected chi connectivity index (χ0v) is 16.2. The Morgan fingerprint density at radius 1 is 0.773 bits per heavy atom. The standard InChI is InChI=1S/C20H42O2/c1-18(2)15-13-11-9-7-8-10-12-14-16-20(5,6)22-17-19(3,4)21/h18,21H,7-17H2,1-6H3. The normalized spacial score (nSPS) is 13.1. The molecule has 0 aromatic rings. The van der Waals surface area contributed by atoms with E-state index < -0.39 is 5.60 Å². The molecule has 0 aliphatic rings. The molecule has 0 rings (SSSR count). The average molecular weight is 315 g/mol. The summed E-state index contributed by atoms with van der Waals surface area (Å²) in [6.07, 6.45) is 13.4. The van der Waals surface area contributed by atoms with E-state index in [0.29, 0.717) is 6.61 Å². The van der Waals surface area contributed by atoms with Gasteiger partial charge in [-0.2, -0.15) is 0 Å². The first kappa shape index (κ1) is 21.9. The van der Waals surface area contributed by atoms with E-state index in [-0.39, 0.29) is 5.60 Å². The van der Waals surface area contributed by atoms with E-state index in [9.17, 15) is 5.11 Å². The van der Waals surface area contributed by atoms with Gasteiger partial charge in [-0.15, -0.1) is 0 Å². The molecule has 0 bridgehead atoms. The molecule has 0 fully saturated rings. The average Bonchev–Trinajstić information content (AvgIpc) is 2.38. The van der Waals surface area contributed by atoms with Crippen LogP contribution in [-0.2, 0) is 4.74 Å². The molecule has 0 aliphatic carbocycles. The van der Waals surface area contributed by atoms with Crippen LogP contribution in [0.15, 0.2) is 0 Å². The SMILES string of the molecule is CC(C)CCCCCCCCCCC(C)(C)OCC(C)(C)O. The molecule has 1 N–H and O–H groups in total. The van der Waals surface area contributed by atoms with E-state index in [0.717, 1.165) is 12.3 Å². The summed E-state index contributed by atoms with van der Waals surface area (Å²) >= 11 is 0. The minimum Gasteiger partial charge on any atom is -0.388 e. The Balaban J connectivity index is 3.41. The molecule has 0 saturated carbocycles. The lowest BCUT2D eigenvalue weighted by molar-refractivity contribution is -0.0946. The van der Waals surface area contributed by atoms with Gasteiger partial charge in [-0.1, -0.05) is 71.6 Å². The Kier molecular flexibility index (Phi) is 11.4. The molecule has 0 aliphatic heterocycles. The van der Waals surface area contributed by atoms with E-state index in [1.165, 1.54) is 57.8 Å². The maximum atomic E-state index is 9.72. The zero-order chi connectivity index (χ0) is 17.1. The highest BCUT2D eigenvalue weighted by molar-refractivity contribution is 4.72. The van der Waals surface area contributed by atoms with E-state index >= 15 is 0 Å². The Morgan fingerprint density at radius 3 is 1.68 bits per heavy atom. The molecule has 22 heavy (non-hydrogen) atoms. The molecule has 0 spiro atoms. The number of rotatable bonds is 14. The van der Waals surface area contributed by atoms with Crippen molar-refractivity contribution in [2.24, 2.45) is 5.92 Å². The van der Waals surface area contributed by atoms with Gasteiger partial charge in [0.25, 0.3) is 0 Å². The Bertz CT molecular complexity index is 251. The summed E-state index contributed by atoms with van der Waals surface area (Å²) in [5.41, 5.74) is -0.844. The third-order valence-corrected chi connectivity index (χ3v) is 4.13. The Hall–Kier alpha value is -0.0800. The van der Waals surface area contributed by atoms with E-state index in [4.69, 9.17) is 4.74 Å². The van der Waals surface area contributed by atoms with Crippen molar-refractivity contribution in [2.45, 2.75) is 117 Å². The number of hydrogen-bond donors (Lipinski definition) is 1. The lowest BCUT2D eigenvalue weighted by atomic mass is 9.98. The van der Waals surface area contributed by atoms with Gasteiger partial charge in [-0.05, 0) is 40.0 Å². The summed E-state index contributed by atoms with van der Waals surface area (Å²) in [5.74, 6) is 0.863. The van der Waals surface area contributed by atoms with E-state index in [1.54, 1.807) is 13.8 Å². The molecule has 0 radical (unpaired) electrons. The van der Waals surface area contributed by atoms with Crippen LogP contribution in [0.25, 0.3) is 0 Å².